The Kier molecular flexibility index (Phi) is 5.21. The molecule has 1 aromatic carbocycles. The second-order valence-electron chi connectivity index (χ2n) is 6.24. The first-order valence-corrected chi connectivity index (χ1v) is 10.3. The lowest BCUT2D eigenvalue weighted by molar-refractivity contribution is 0.0602. The number of ether oxygens (including phenoxy) is 1. The maximum absolute atomic E-state index is 13.2. The first-order chi connectivity index (χ1) is 14.0. The number of hydrogen-bond acceptors (Lipinski definition) is 6. The van der Waals surface area contributed by atoms with Crippen molar-refractivity contribution < 1.29 is 18.7 Å². The van der Waals surface area contributed by atoms with Gasteiger partial charge in [0.05, 0.1) is 23.8 Å². The zero-order valence-corrected chi connectivity index (χ0v) is 17.9. The van der Waals surface area contributed by atoms with E-state index in [9.17, 15) is 9.59 Å². The first-order valence-electron chi connectivity index (χ1n) is 8.60. The molecule has 0 aliphatic heterocycles. The number of fused-ring (bicyclic) bond motifs is 1. The van der Waals surface area contributed by atoms with Gasteiger partial charge in [-0.1, -0.05) is 15.9 Å². The molecule has 3 aromatic heterocycles. The lowest BCUT2D eigenvalue weighted by atomic mass is 10.1. The van der Waals surface area contributed by atoms with Crippen LogP contribution < -0.4 is 5.32 Å². The molecule has 0 bridgehead atoms. The summed E-state index contributed by atoms with van der Waals surface area (Å²) in [7, 11) is 1.30. The highest BCUT2D eigenvalue weighted by Gasteiger charge is 2.20. The molecule has 0 radical (unpaired) electrons. The molecule has 0 aliphatic carbocycles. The number of pyridine rings is 1. The Labute approximate surface area is 178 Å². The molecule has 29 heavy (non-hydrogen) atoms. The normalized spacial score (nSPS) is 10.9. The van der Waals surface area contributed by atoms with E-state index >= 15 is 0 Å². The topological polar surface area (TPSA) is 81.4 Å². The van der Waals surface area contributed by atoms with Crippen molar-refractivity contribution in [2.45, 2.75) is 6.92 Å². The summed E-state index contributed by atoms with van der Waals surface area (Å²) in [5.41, 5.74) is 1.94. The number of carbonyl (C=O) groups is 2. The molecular formula is C21H15BrN2O4S. The van der Waals surface area contributed by atoms with Crippen LogP contribution in [-0.4, -0.2) is 24.0 Å². The summed E-state index contributed by atoms with van der Waals surface area (Å²) in [6, 6.07) is 12.5. The minimum Gasteiger partial charge on any atom is -0.465 e. The Morgan fingerprint density at radius 1 is 1.14 bits per heavy atom. The van der Waals surface area contributed by atoms with Gasteiger partial charge in [0.2, 0.25) is 0 Å². The summed E-state index contributed by atoms with van der Waals surface area (Å²) < 4.78 is 11.3. The summed E-state index contributed by atoms with van der Waals surface area (Å²) in [5, 5.41) is 5.65. The number of methoxy groups -OCH3 is 1. The fraction of sp³-hybridized carbons (Fsp3) is 0.0952. The molecule has 1 N–H and O–H groups in total. The van der Waals surface area contributed by atoms with Crippen LogP contribution in [0.2, 0.25) is 0 Å². The van der Waals surface area contributed by atoms with Gasteiger partial charge in [0.25, 0.3) is 5.91 Å². The van der Waals surface area contributed by atoms with Crippen LogP contribution in [0.5, 0.6) is 0 Å². The number of nitrogens with zero attached hydrogens (tertiary/aromatic N) is 1. The number of halogens is 1. The molecule has 0 saturated heterocycles. The number of rotatable bonds is 4. The highest BCUT2D eigenvalue weighted by molar-refractivity contribution is 9.10. The Balaban J connectivity index is 1.81. The molecule has 3 heterocycles. The molecular weight excluding hydrogens is 456 g/mol. The van der Waals surface area contributed by atoms with Crippen LogP contribution in [0, 0.1) is 6.92 Å². The molecule has 0 atom stereocenters. The molecule has 4 rings (SSSR count). The Bertz CT molecular complexity index is 1240. The van der Waals surface area contributed by atoms with Crippen LogP contribution in [0.4, 0.5) is 5.00 Å². The van der Waals surface area contributed by atoms with E-state index in [0.29, 0.717) is 38.5 Å². The summed E-state index contributed by atoms with van der Waals surface area (Å²) in [6.07, 6.45) is 0. The van der Waals surface area contributed by atoms with Crippen molar-refractivity contribution in [2.24, 2.45) is 0 Å². The highest BCUT2D eigenvalue weighted by Crippen LogP contribution is 2.30. The molecule has 0 aliphatic rings. The number of benzene rings is 1. The fourth-order valence-corrected chi connectivity index (χ4v) is 4.06. The van der Waals surface area contributed by atoms with E-state index in [4.69, 9.17) is 9.15 Å². The maximum atomic E-state index is 13.2. The summed E-state index contributed by atoms with van der Waals surface area (Å²) in [5.74, 6) is 0.473. The third-order valence-electron chi connectivity index (χ3n) is 4.31. The molecule has 8 heteroatoms. The van der Waals surface area contributed by atoms with Crippen molar-refractivity contribution in [1.82, 2.24) is 4.98 Å². The number of thiophene rings is 1. The Morgan fingerprint density at radius 2 is 1.97 bits per heavy atom. The van der Waals surface area contributed by atoms with E-state index in [0.717, 1.165) is 10.2 Å². The minimum absolute atomic E-state index is 0.312. The Morgan fingerprint density at radius 3 is 2.69 bits per heavy atom. The van der Waals surface area contributed by atoms with Crippen LogP contribution in [0.15, 0.2) is 56.7 Å². The van der Waals surface area contributed by atoms with Crippen LogP contribution in [0.1, 0.15) is 26.5 Å². The Hall–Kier alpha value is -2.97. The molecule has 1 amide bonds. The van der Waals surface area contributed by atoms with Crippen LogP contribution in [-0.2, 0) is 4.74 Å². The smallest absolute Gasteiger partial charge is 0.340 e. The van der Waals surface area contributed by atoms with Crippen molar-refractivity contribution in [2.75, 3.05) is 12.4 Å². The molecule has 6 nitrogen and oxygen atoms in total. The van der Waals surface area contributed by atoms with E-state index in [1.54, 1.807) is 17.5 Å². The van der Waals surface area contributed by atoms with Gasteiger partial charge in [-0.25, -0.2) is 9.78 Å². The summed E-state index contributed by atoms with van der Waals surface area (Å²) in [4.78, 5) is 29.7. The van der Waals surface area contributed by atoms with Crippen molar-refractivity contribution >= 4 is 55.0 Å². The van der Waals surface area contributed by atoms with Crippen LogP contribution >= 0.6 is 27.3 Å². The number of aromatic nitrogens is 1. The average Bonchev–Trinajstić information content (AvgIpc) is 3.35. The van der Waals surface area contributed by atoms with E-state index in [1.165, 1.54) is 18.4 Å². The van der Waals surface area contributed by atoms with Crippen molar-refractivity contribution in [3.63, 3.8) is 0 Å². The lowest BCUT2D eigenvalue weighted by Gasteiger charge is -2.10. The van der Waals surface area contributed by atoms with Gasteiger partial charge in [-0.3, -0.25) is 4.79 Å². The monoisotopic (exact) mass is 470 g/mol. The van der Waals surface area contributed by atoms with Crippen molar-refractivity contribution in [3.8, 4) is 11.5 Å². The summed E-state index contributed by atoms with van der Waals surface area (Å²) in [6.45, 7) is 1.85. The molecule has 0 spiro atoms. The maximum Gasteiger partial charge on any atom is 0.340 e. The SMILES string of the molecule is COC(=O)c1ccsc1NC(=O)c1cc(-c2ccc(C)o2)nc2ccc(Br)cc12. The van der Waals surface area contributed by atoms with Gasteiger partial charge in [0, 0.05) is 9.86 Å². The van der Waals surface area contributed by atoms with E-state index < -0.39 is 5.97 Å². The number of anilines is 1. The van der Waals surface area contributed by atoms with E-state index in [2.05, 4.69) is 26.2 Å². The lowest BCUT2D eigenvalue weighted by Crippen LogP contribution is -2.14. The number of esters is 1. The molecule has 0 saturated carbocycles. The largest absolute Gasteiger partial charge is 0.465 e. The highest BCUT2D eigenvalue weighted by atomic mass is 79.9. The summed E-state index contributed by atoms with van der Waals surface area (Å²) >= 11 is 4.70. The molecule has 146 valence electrons. The number of amides is 1. The zero-order chi connectivity index (χ0) is 20.5. The van der Waals surface area contributed by atoms with Gasteiger partial charge in [0.15, 0.2) is 5.76 Å². The number of carbonyl (C=O) groups excluding carboxylic acids is 2. The predicted octanol–water partition coefficient (Wildman–Crippen LogP) is 5.67. The van der Waals surface area contributed by atoms with E-state index in [1.807, 2.05) is 37.3 Å². The second-order valence-corrected chi connectivity index (χ2v) is 8.07. The number of nitrogens with one attached hydrogen (secondary N) is 1. The second kappa shape index (κ2) is 7.81. The first kappa shape index (κ1) is 19.4. The van der Waals surface area contributed by atoms with Gasteiger partial charge in [-0.15, -0.1) is 11.3 Å². The van der Waals surface area contributed by atoms with E-state index in [-0.39, 0.29) is 5.91 Å². The number of hydrogen-bond donors (Lipinski definition) is 1. The van der Waals surface area contributed by atoms with Gasteiger partial charge < -0.3 is 14.5 Å². The molecule has 0 unspecified atom stereocenters. The number of furan rings is 1. The number of aryl methyl sites for hydroxylation is 1. The van der Waals surface area contributed by atoms with Crippen LogP contribution in [0.25, 0.3) is 22.4 Å². The minimum atomic E-state index is -0.504. The van der Waals surface area contributed by atoms with Crippen molar-refractivity contribution in [1.29, 1.82) is 0 Å². The van der Waals surface area contributed by atoms with Gasteiger partial charge in [-0.05, 0) is 54.8 Å². The average molecular weight is 471 g/mol. The van der Waals surface area contributed by atoms with Gasteiger partial charge in [0.1, 0.15) is 16.5 Å². The van der Waals surface area contributed by atoms with Gasteiger partial charge in [-0.2, -0.15) is 0 Å². The molecule has 4 aromatic rings. The standard InChI is InChI=1S/C21H15BrN2O4S/c1-11-3-6-18(28-11)17-10-15(14-9-12(22)4-5-16(14)23-17)19(25)24-20-13(7-8-29-20)21(26)27-2/h3-10H,1-2H3,(H,24,25). The third kappa shape index (κ3) is 3.81. The fourth-order valence-electron chi connectivity index (χ4n) is 2.93. The van der Waals surface area contributed by atoms with Crippen LogP contribution in [0.3, 0.4) is 0 Å². The van der Waals surface area contributed by atoms with Gasteiger partial charge >= 0.3 is 5.97 Å². The zero-order valence-electron chi connectivity index (χ0n) is 15.5. The van der Waals surface area contributed by atoms with Crippen molar-refractivity contribution in [3.05, 3.63) is 69.2 Å². The predicted molar refractivity (Wildman–Crippen MR) is 115 cm³/mol. The third-order valence-corrected chi connectivity index (χ3v) is 5.63. The molecule has 0 fully saturated rings. The quantitative estimate of drug-likeness (QED) is 0.388.